The van der Waals surface area contributed by atoms with Gasteiger partial charge in [-0.25, -0.2) is 0 Å². The first-order valence-corrected chi connectivity index (χ1v) is 8.29. The molecule has 3 heteroatoms. The van der Waals surface area contributed by atoms with Gasteiger partial charge in [-0.15, -0.1) is 0 Å². The molecule has 0 amide bonds. The molecule has 118 valence electrons. The first-order chi connectivity index (χ1) is 10.1. The van der Waals surface area contributed by atoms with Crippen LogP contribution in [0.5, 0.6) is 0 Å². The Hall–Kier alpha value is -1.06. The number of piperidine rings is 1. The van der Waals surface area contributed by atoms with Gasteiger partial charge in [-0.3, -0.25) is 0 Å². The molecule has 1 saturated heterocycles. The summed E-state index contributed by atoms with van der Waals surface area (Å²) >= 11 is 0. The largest absolute Gasteiger partial charge is 0.378 e. The number of nitrogens with zero attached hydrogens (tertiary/aromatic N) is 1. The van der Waals surface area contributed by atoms with Crippen molar-refractivity contribution in [2.24, 2.45) is 0 Å². The van der Waals surface area contributed by atoms with E-state index in [9.17, 15) is 0 Å². The number of ether oxygens (including phenoxy) is 1. The van der Waals surface area contributed by atoms with Gasteiger partial charge in [0.15, 0.2) is 0 Å². The Labute approximate surface area is 129 Å². The topological polar surface area (TPSA) is 24.5 Å². The number of anilines is 1. The SMILES string of the molecule is CCOC1CCN(c2ccc(C)cc2CNC(C)C)CC1. The molecule has 0 bridgehead atoms. The third-order valence-electron chi connectivity index (χ3n) is 4.12. The van der Waals surface area contributed by atoms with Gasteiger partial charge in [-0.1, -0.05) is 31.5 Å². The highest BCUT2D eigenvalue weighted by Crippen LogP contribution is 2.26. The van der Waals surface area contributed by atoms with E-state index in [0.717, 1.165) is 39.1 Å². The standard InChI is InChI=1S/C18H30N2O/c1-5-21-17-8-10-20(11-9-17)18-7-6-15(4)12-16(18)13-19-14(2)3/h6-7,12,14,17,19H,5,8-11,13H2,1-4H3. The van der Waals surface area contributed by atoms with Crippen molar-refractivity contribution in [3.8, 4) is 0 Å². The molecule has 1 aromatic carbocycles. The van der Waals surface area contributed by atoms with Crippen molar-refractivity contribution in [3.05, 3.63) is 29.3 Å². The van der Waals surface area contributed by atoms with E-state index in [-0.39, 0.29) is 0 Å². The zero-order valence-corrected chi connectivity index (χ0v) is 14.0. The molecule has 21 heavy (non-hydrogen) atoms. The van der Waals surface area contributed by atoms with E-state index in [1.807, 2.05) is 0 Å². The van der Waals surface area contributed by atoms with Crippen LogP contribution < -0.4 is 10.2 Å². The third-order valence-corrected chi connectivity index (χ3v) is 4.12. The molecule has 0 aromatic heterocycles. The fourth-order valence-electron chi connectivity index (χ4n) is 2.98. The highest BCUT2D eigenvalue weighted by molar-refractivity contribution is 5.55. The van der Waals surface area contributed by atoms with Gasteiger partial charge in [0, 0.05) is 38.0 Å². The lowest BCUT2D eigenvalue weighted by atomic mass is 10.0. The molecule has 0 aliphatic carbocycles. The number of aryl methyl sites for hydroxylation is 1. The van der Waals surface area contributed by atoms with E-state index in [4.69, 9.17) is 4.74 Å². The molecular formula is C18H30N2O. The van der Waals surface area contributed by atoms with E-state index in [2.05, 4.69) is 56.1 Å². The van der Waals surface area contributed by atoms with Crippen molar-refractivity contribution in [3.63, 3.8) is 0 Å². The summed E-state index contributed by atoms with van der Waals surface area (Å²) in [6, 6.07) is 7.35. The maximum atomic E-state index is 5.76. The van der Waals surface area contributed by atoms with Crippen LogP contribution in [0.15, 0.2) is 18.2 Å². The lowest BCUT2D eigenvalue weighted by Gasteiger charge is -2.35. The summed E-state index contributed by atoms with van der Waals surface area (Å²) in [5.74, 6) is 0. The third kappa shape index (κ3) is 4.72. The molecular weight excluding hydrogens is 260 g/mol. The molecule has 2 rings (SSSR count). The van der Waals surface area contributed by atoms with Crippen LogP contribution in [0, 0.1) is 6.92 Å². The second kappa shape index (κ2) is 7.81. The lowest BCUT2D eigenvalue weighted by Crippen LogP contribution is -2.38. The first-order valence-electron chi connectivity index (χ1n) is 8.29. The average molecular weight is 290 g/mol. The minimum absolute atomic E-state index is 0.453. The molecule has 0 saturated carbocycles. The molecule has 0 unspecified atom stereocenters. The molecule has 1 aromatic rings. The highest BCUT2D eigenvalue weighted by atomic mass is 16.5. The van der Waals surface area contributed by atoms with E-state index in [1.54, 1.807) is 0 Å². The van der Waals surface area contributed by atoms with Crippen LogP contribution in [0.2, 0.25) is 0 Å². The Morgan fingerprint density at radius 1 is 1.29 bits per heavy atom. The van der Waals surface area contributed by atoms with Gasteiger partial charge in [0.05, 0.1) is 6.10 Å². The minimum atomic E-state index is 0.453. The van der Waals surface area contributed by atoms with Crippen molar-refractivity contribution in [1.29, 1.82) is 0 Å². The molecule has 1 heterocycles. The predicted molar refractivity (Wildman–Crippen MR) is 90.0 cm³/mol. The van der Waals surface area contributed by atoms with E-state index < -0.39 is 0 Å². The summed E-state index contributed by atoms with van der Waals surface area (Å²) in [5, 5.41) is 3.55. The first kappa shape index (κ1) is 16.3. The molecule has 1 aliphatic rings. The van der Waals surface area contributed by atoms with E-state index >= 15 is 0 Å². The molecule has 0 radical (unpaired) electrons. The number of hydrogen-bond donors (Lipinski definition) is 1. The predicted octanol–water partition coefficient (Wildman–Crippen LogP) is 3.50. The van der Waals surface area contributed by atoms with Crippen molar-refractivity contribution in [2.75, 3.05) is 24.6 Å². The molecule has 1 fully saturated rings. The zero-order chi connectivity index (χ0) is 15.2. The van der Waals surface area contributed by atoms with Crippen LogP contribution >= 0.6 is 0 Å². The second-order valence-electron chi connectivity index (χ2n) is 6.31. The van der Waals surface area contributed by atoms with Gasteiger partial charge >= 0.3 is 0 Å². The van der Waals surface area contributed by atoms with E-state index in [0.29, 0.717) is 12.1 Å². The monoisotopic (exact) mass is 290 g/mol. The van der Waals surface area contributed by atoms with Crippen LogP contribution in [0.3, 0.4) is 0 Å². The Bertz CT molecular complexity index is 437. The fraction of sp³-hybridized carbons (Fsp3) is 0.667. The van der Waals surface area contributed by atoms with Crippen LogP contribution in [-0.2, 0) is 11.3 Å². The summed E-state index contributed by atoms with van der Waals surface area (Å²) in [7, 11) is 0. The molecule has 3 nitrogen and oxygen atoms in total. The normalized spacial score (nSPS) is 16.7. The van der Waals surface area contributed by atoms with Crippen LogP contribution in [0.1, 0.15) is 44.7 Å². The molecule has 0 atom stereocenters. The number of benzene rings is 1. The number of nitrogens with one attached hydrogen (secondary N) is 1. The highest BCUT2D eigenvalue weighted by Gasteiger charge is 2.21. The summed E-state index contributed by atoms with van der Waals surface area (Å²) in [4.78, 5) is 2.52. The van der Waals surface area contributed by atoms with Crippen LogP contribution in [-0.4, -0.2) is 31.8 Å². The average Bonchev–Trinajstić information content (AvgIpc) is 2.46. The molecule has 0 spiro atoms. The Balaban J connectivity index is 2.05. The minimum Gasteiger partial charge on any atom is -0.378 e. The van der Waals surface area contributed by atoms with Gasteiger partial charge in [-0.05, 0) is 38.3 Å². The molecule has 1 aliphatic heterocycles. The van der Waals surface area contributed by atoms with Crippen molar-refractivity contribution < 1.29 is 4.74 Å². The van der Waals surface area contributed by atoms with Gasteiger partial charge in [0.2, 0.25) is 0 Å². The number of hydrogen-bond acceptors (Lipinski definition) is 3. The van der Waals surface area contributed by atoms with E-state index in [1.165, 1.54) is 16.8 Å². The Morgan fingerprint density at radius 2 is 2.00 bits per heavy atom. The summed E-state index contributed by atoms with van der Waals surface area (Å²) in [6.07, 6.45) is 2.73. The zero-order valence-electron chi connectivity index (χ0n) is 14.0. The summed E-state index contributed by atoms with van der Waals surface area (Å²) in [6.45, 7) is 12.6. The quantitative estimate of drug-likeness (QED) is 0.868. The van der Waals surface area contributed by atoms with Crippen molar-refractivity contribution in [2.45, 2.75) is 59.2 Å². The van der Waals surface area contributed by atoms with Gasteiger partial charge < -0.3 is 15.0 Å². The summed E-state index contributed by atoms with van der Waals surface area (Å²) in [5.41, 5.74) is 4.14. The molecule has 1 N–H and O–H groups in total. The number of rotatable bonds is 6. The van der Waals surface area contributed by atoms with Crippen molar-refractivity contribution in [1.82, 2.24) is 5.32 Å². The fourth-order valence-corrected chi connectivity index (χ4v) is 2.98. The Kier molecular flexibility index (Phi) is 6.07. The Morgan fingerprint density at radius 3 is 2.62 bits per heavy atom. The van der Waals surface area contributed by atoms with Crippen LogP contribution in [0.25, 0.3) is 0 Å². The van der Waals surface area contributed by atoms with Crippen LogP contribution in [0.4, 0.5) is 5.69 Å². The maximum absolute atomic E-state index is 5.76. The van der Waals surface area contributed by atoms with Gasteiger partial charge in [-0.2, -0.15) is 0 Å². The second-order valence-corrected chi connectivity index (χ2v) is 6.31. The van der Waals surface area contributed by atoms with Gasteiger partial charge in [0.1, 0.15) is 0 Å². The maximum Gasteiger partial charge on any atom is 0.0608 e. The van der Waals surface area contributed by atoms with Crippen molar-refractivity contribution >= 4 is 5.69 Å². The lowest BCUT2D eigenvalue weighted by molar-refractivity contribution is 0.0459. The smallest absolute Gasteiger partial charge is 0.0608 e. The van der Waals surface area contributed by atoms with Gasteiger partial charge in [0.25, 0.3) is 0 Å². The summed E-state index contributed by atoms with van der Waals surface area (Å²) < 4.78 is 5.76.